The lowest BCUT2D eigenvalue weighted by Gasteiger charge is -2.15. The summed E-state index contributed by atoms with van der Waals surface area (Å²) in [7, 11) is 1.75. The number of likely N-dealkylation sites (N-methyl/N-ethyl adjacent to an activating group) is 1. The van der Waals surface area contributed by atoms with Crippen LogP contribution in [0.25, 0.3) is 17.0 Å². The molecule has 37 heavy (non-hydrogen) atoms. The largest absolute Gasteiger partial charge is 0.461 e. The number of aryl methyl sites for hydroxylation is 2. The van der Waals surface area contributed by atoms with Gasteiger partial charge in [0.25, 0.3) is 0 Å². The minimum Gasteiger partial charge on any atom is -0.461 e. The number of para-hydroxylation sites is 1. The molecule has 0 radical (unpaired) electrons. The van der Waals surface area contributed by atoms with Crippen LogP contribution in [0, 0.1) is 6.92 Å². The molecule has 9 heteroatoms. The molecule has 0 aliphatic carbocycles. The monoisotopic (exact) mass is 504 g/mol. The summed E-state index contributed by atoms with van der Waals surface area (Å²) in [5.41, 5.74) is 3.37. The molecule has 0 spiro atoms. The molecule has 1 atom stereocenters. The molecule has 0 unspecified atom stereocenters. The summed E-state index contributed by atoms with van der Waals surface area (Å²) in [5, 5.41) is 6.40. The molecule has 2 aromatic heterocycles. The van der Waals surface area contributed by atoms with Crippen molar-refractivity contribution in [1.82, 2.24) is 15.2 Å². The van der Waals surface area contributed by atoms with Crippen LogP contribution >= 0.6 is 0 Å². The van der Waals surface area contributed by atoms with Gasteiger partial charge in [-0.25, -0.2) is 9.78 Å². The third kappa shape index (κ3) is 6.35. The van der Waals surface area contributed by atoms with Gasteiger partial charge in [-0.2, -0.15) is 0 Å². The molecule has 1 aromatic carbocycles. The van der Waals surface area contributed by atoms with Crippen LogP contribution in [0.2, 0.25) is 0 Å². The van der Waals surface area contributed by atoms with Crippen molar-refractivity contribution >= 4 is 40.8 Å². The van der Waals surface area contributed by atoms with Gasteiger partial charge < -0.3 is 24.7 Å². The fourth-order valence-corrected chi connectivity index (χ4v) is 4.22. The smallest absolute Gasteiger partial charge is 0.407 e. The van der Waals surface area contributed by atoms with Gasteiger partial charge in [0.15, 0.2) is 0 Å². The Hall–Kier alpha value is -4.14. The molecule has 194 valence electrons. The number of unbranched alkanes of at least 4 members (excludes halogenated alkanes) is 1. The van der Waals surface area contributed by atoms with Crippen molar-refractivity contribution in [1.29, 1.82) is 0 Å². The lowest BCUT2D eigenvalue weighted by atomic mass is 10.1. The zero-order chi connectivity index (χ0) is 26.4. The number of aromatic nitrogens is 1. The minimum absolute atomic E-state index is 0.154. The predicted octanol–water partition coefficient (Wildman–Crippen LogP) is 4.59. The van der Waals surface area contributed by atoms with Gasteiger partial charge >= 0.3 is 6.09 Å². The average Bonchev–Trinajstić information content (AvgIpc) is 3.11. The minimum atomic E-state index is -0.708. The normalized spacial score (nSPS) is 15.2. The highest BCUT2D eigenvalue weighted by Gasteiger charge is 2.26. The number of nitrogens with zero attached hydrogens (tertiary/aromatic N) is 2. The van der Waals surface area contributed by atoms with Crippen molar-refractivity contribution in [2.75, 3.05) is 19.0 Å². The third-order valence-corrected chi connectivity index (χ3v) is 6.36. The number of amides is 3. The van der Waals surface area contributed by atoms with E-state index in [1.807, 2.05) is 44.2 Å². The number of rotatable bonds is 8. The first kappa shape index (κ1) is 25.9. The van der Waals surface area contributed by atoms with Crippen LogP contribution in [-0.2, 0) is 27.3 Å². The molecule has 9 nitrogen and oxygen atoms in total. The van der Waals surface area contributed by atoms with Crippen LogP contribution in [0.3, 0.4) is 0 Å². The van der Waals surface area contributed by atoms with Crippen LogP contribution in [0.4, 0.5) is 10.6 Å². The Labute approximate surface area is 215 Å². The van der Waals surface area contributed by atoms with Crippen molar-refractivity contribution in [2.45, 2.75) is 52.1 Å². The number of ether oxygens (including phenoxy) is 1. The summed E-state index contributed by atoms with van der Waals surface area (Å²) in [6.07, 6.45) is 6.85. The summed E-state index contributed by atoms with van der Waals surface area (Å²) in [6, 6.07) is 8.96. The molecule has 4 rings (SSSR count). The van der Waals surface area contributed by atoms with Crippen LogP contribution in [0.1, 0.15) is 48.6 Å². The Morgan fingerprint density at radius 1 is 1.32 bits per heavy atom. The third-order valence-electron chi connectivity index (χ3n) is 6.36. The van der Waals surface area contributed by atoms with Gasteiger partial charge in [0, 0.05) is 36.8 Å². The molecule has 0 fully saturated rings. The Kier molecular flexibility index (Phi) is 8.22. The first-order chi connectivity index (χ1) is 17.9. The number of hydrogen-bond donors (Lipinski definition) is 2. The molecular formula is C28H32N4O5. The number of carbonyl (C=O) groups is 3. The highest BCUT2D eigenvalue weighted by atomic mass is 16.5. The van der Waals surface area contributed by atoms with E-state index in [9.17, 15) is 14.4 Å². The van der Waals surface area contributed by atoms with Crippen molar-refractivity contribution in [3.8, 4) is 0 Å². The number of benzene rings is 1. The summed E-state index contributed by atoms with van der Waals surface area (Å²) in [4.78, 5) is 43.3. The van der Waals surface area contributed by atoms with E-state index in [0.29, 0.717) is 31.8 Å². The van der Waals surface area contributed by atoms with E-state index in [1.54, 1.807) is 24.2 Å². The van der Waals surface area contributed by atoms with Crippen LogP contribution in [0.15, 0.2) is 47.0 Å². The van der Waals surface area contributed by atoms with Gasteiger partial charge in [0.1, 0.15) is 23.2 Å². The molecule has 3 heterocycles. The van der Waals surface area contributed by atoms with Gasteiger partial charge in [0.05, 0.1) is 6.61 Å². The molecule has 3 amide bonds. The van der Waals surface area contributed by atoms with Gasteiger partial charge in [-0.1, -0.05) is 31.5 Å². The first-order valence-electron chi connectivity index (χ1n) is 12.5. The highest BCUT2D eigenvalue weighted by molar-refractivity contribution is 5.97. The molecule has 0 saturated carbocycles. The van der Waals surface area contributed by atoms with Crippen molar-refractivity contribution in [2.24, 2.45) is 0 Å². The van der Waals surface area contributed by atoms with E-state index in [0.717, 1.165) is 46.3 Å². The maximum atomic E-state index is 12.8. The lowest BCUT2D eigenvalue weighted by molar-refractivity contribution is -0.125. The number of carbonyl (C=O) groups excluding carboxylic acids is 3. The Bertz CT molecular complexity index is 1330. The summed E-state index contributed by atoms with van der Waals surface area (Å²) >= 11 is 0. The fourth-order valence-electron chi connectivity index (χ4n) is 4.22. The van der Waals surface area contributed by atoms with Crippen molar-refractivity contribution < 1.29 is 23.5 Å². The number of nitrogens with one attached hydrogen (secondary N) is 2. The first-order valence-corrected chi connectivity index (χ1v) is 12.5. The van der Waals surface area contributed by atoms with Gasteiger partial charge in [-0.15, -0.1) is 0 Å². The zero-order valence-electron chi connectivity index (χ0n) is 21.4. The number of fused-ring (bicyclic) bond motifs is 2. The van der Waals surface area contributed by atoms with Gasteiger partial charge in [-0.3, -0.25) is 9.59 Å². The maximum Gasteiger partial charge on any atom is 0.407 e. The second-order valence-electron chi connectivity index (χ2n) is 9.15. The van der Waals surface area contributed by atoms with E-state index in [4.69, 9.17) is 9.15 Å². The molecule has 1 aliphatic rings. The molecular weight excluding hydrogens is 472 g/mol. The lowest BCUT2D eigenvalue weighted by Crippen LogP contribution is -2.43. The van der Waals surface area contributed by atoms with Crippen molar-refractivity contribution in [3.63, 3.8) is 0 Å². The second-order valence-corrected chi connectivity index (χ2v) is 9.15. The molecule has 0 saturated heterocycles. The van der Waals surface area contributed by atoms with Crippen LogP contribution in [0.5, 0.6) is 0 Å². The molecule has 1 aliphatic heterocycles. The number of pyridine rings is 1. The zero-order valence-corrected chi connectivity index (χ0v) is 21.4. The van der Waals surface area contributed by atoms with Gasteiger partial charge in [-0.05, 0) is 55.5 Å². The fraction of sp³-hybridized carbons (Fsp3) is 0.357. The Balaban J connectivity index is 1.37. The van der Waals surface area contributed by atoms with E-state index >= 15 is 0 Å². The maximum absolute atomic E-state index is 12.8. The second kappa shape index (κ2) is 11.7. The number of furan rings is 1. The molecule has 2 N–H and O–H groups in total. The standard InChI is InChI=1S/C28H32N4O5/c1-4-5-14-36-28(35)30-23-12-11-20-15-19(16-29-26(20)31-27(23)34)10-13-25(33)32(3)17-22-18(2)37-24-9-7-6-8-21(22)24/h6-10,13,15-16,23H,4-5,11-12,14,17H2,1-3H3,(H,30,35)(H,29,31,34)/b13-10+/t23-/m0/s1. The van der Waals surface area contributed by atoms with Gasteiger partial charge in [0.2, 0.25) is 11.8 Å². The summed E-state index contributed by atoms with van der Waals surface area (Å²) in [6.45, 7) is 4.65. The molecule has 3 aromatic rings. The predicted molar refractivity (Wildman–Crippen MR) is 141 cm³/mol. The quantitative estimate of drug-likeness (QED) is 0.343. The highest BCUT2D eigenvalue weighted by Crippen LogP contribution is 2.26. The number of anilines is 1. The van der Waals surface area contributed by atoms with Crippen LogP contribution < -0.4 is 10.6 Å². The van der Waals surface area contributed by atoms with E-state index < -0.39 is 12.1 Å². The van der Waals surface area contributed by atoms with Crippen LogP contribution in [-0.4, -0.2) is 47.5 Å². The topological polar surface area (TPSA) is 114 Å². The summed E-state index contributed by atoms with van der Waals surface area (Å²) in [5.74, 6) is 0.764. The number of hydrogen-bond acceptors (Lipinski definition) is 6. The molecule has 0 bridgehead atoms. The Morgan fingerprint density at radius 2 is 2.14 bits per heavy atom. The van der Waals surface area contributed by atoms with E-state index in [-0.39, 0.29) is 11.8 Å². The number of alkyl carbamates (subject to hydrolysis) is 1. The average molecular weight is 505 g/mol. The van der Waals surface area contributed by atoms with Crippen molar-refractivity contribution in [3.05, 3.63) is 65.1 Å². The van der Waals surface area contributed by atoms with E-state index in [2.05, 4.69) is 15.6 Å². The summed E-state index contributed by atoms with van der Waals surface area (Å²) < 4.78 is 10.9. The SMILES string of the molecule is CCCCOC(=O)N[C@H]1CCc2cc(/C=C/C(=O)N(C)Cc3c(C)oc4ccccc34)cnc2NC1=O. The Morgan fingerprint density at radius 3 is 2.95 bits per heavy atom. The van der Waals surface area contributed by atoms with E-state index in [1.165, 1.54) is 6.08 Å².